The Morgan fingerprint density at radius 3 is 2.63 bits per heavy atom. The van der Waals surface area contributed by atoms with Crippen molar-refractivity contribution in [1.82, 2.24) is 19.9 Å². The average Bonchev–Trinajstić information content (AvgIpc) is 3.13. The number of nitrogens with zero attached hydrogens (tertiary/aromatic N) is 4. The Bertz CT molecular complexity index is 1120. The maximum absolute atomic E-state index is 12.8. The third-order valence-electron chi connectivity index (χ3n) is 6.23. The number of carbonyl (C=O) groups is 1. The van der Waals surface area contributed by atoms with Gasteiger partial charge in [0, 0.05) is 23.3 Å². The van der Waals surface area contributed by atoms with E-state index in [-0.39, 0.29) is 17.7 Å². The molecule has 0 atom stereocenters. The van der Waals surface area contributed by atoms with Gasteiger partial charge in [0.2, 0.25) is 5.91 Å². The first-order valence-corrected chi connectivity index (χ1v) is 10.5. The number of amides is 1. The largest absolute Gasteiger partial charge is 0.354 e. The molecular formula is C23H24ClN5O. The number of fused-ring (bicyclic) bond motifs is 1. The molecule has 0 unspecified atom stereocenters. The van der Waals surface area contributed by atoms with Crippen LogP contribution in [0, 0.1) is 11.3 Å². The number of hydrogen-bond donors (Lipinski definition) is 1. The second kappa shape index (κ2) is 7.73. The van der Waals surface area contributed by atoms with Crippen molar-refractivity contribution in [2.24, 2.45) is 0 Å². The van der Waals surface area contributed by atoms with E-state index in [0.29, 0.717) is 17.2 Å². The van der Waals surface area contributed by atoms with Crippen LogP contribution in [0.5, 0.6) is 0 Å². The number of aromatic nitrogens is 3. The van der Waals surface area contributed by atoms with Crippen LogP contribution < -0.4 is 5.32 Å². The minimum Gasteiger partial charge on any atom is -0.354 e. The molecule has 0 bridgehead atoms. The standard InChI is InChI=1S/C23H24ClN5O/c1-22(2,21(30)26-14-5-13-25)18-6-3-15-29-19(18)27-28-20(29)23(11-4-12-23)16-7-9-17(24)10-8-16/h3,6-10,15H,4-5,11-12,14H2,1-2H3,(H,26,30). The SMILES string of the molecule is CC(C)(C(=O)NCCC#N)c1cccn2c(C3(c4ccc(Cl)cc4)CCC3)nnc12. The Balaban J connectivity index is 1.76. The van der Waals surface area contributed by atoms with Gasteiger partial charge in [0.15, 0.2) is 5.65 Å². The predicted octanol–water partition coefficient (Wildman–Crippen LogP) is 4.16. The Labute approximate surface area is 180 Å². The first kappa shape index (κ1) is 20.4. The first-order valence-electron chi connectivity index (χ1n) is 10.2. The Kier molecular flexibility index (Phi) is 5.25. The molecule has 7 heteroatoms. The highest BCUT2D eigenvalue weighted by Gasteiger charge is 2.44. The van der Waals surface area contributed by atoms with Crippen LogP contribution in [0.25, 0.3) is 5.65 Å². The predicted molar refractivity (Wildman–Crippen MR) is 115 cm³/mol. The summed E-state index contributed by atoms with van der Waals surface area (Å²) in [6, 6.07) is 13.9. The first-order chi connectivity index (χ1) is 14.4. The zero-order chi connectivity index (χ0) is 21.4. The van der Waals surface area contributed by atoms with E-state index in [0.717, 1.165) is 30.7 Å². The monoisotopic (exact) mass is 421 g/mol. The number of nitrogens with one attached hydrogen (secondary N) is 1. The number of hydrogen-bond acceptors (Lipinski definition) is 4. The van der Waals surface area contributed by atoms with Gasteiger partial charge in [-0.25, -0.2) is 0 Å². The summed E-state index contributed by atoms with van der Waals surface area (Å²) in [5, 5.41) is 21.4. The summed E-state index contributed by atoms with van der Waals surface area (Å²) in [6.45, 7) is 4.08. The zero-order valence-corrected chi connectivity index (χ0v) is 17.9. The lowest BCUT2D eigenvalue weighted by Gasteiger charge is -2.41. The number of nitriles is 1. The molecule has 1 N–H and O–H groups in total. The fourth-order valence-electron chi connectivity index (χ4n) is 4.25. The van der Waals surface area contributed by atoms with E-state index in [4.69, 9.17) is 16.9 Å². The highest BCUT2D eigenvalue weighted by Crippen LogP contribution is 2.48. The van der Waals surface area contributed by atoms with Gasteiger partial charge in [-0.2, -0.15) is 5.26 Å². The van der Waals surface area contributed by atoms with Crippen molar-refractivity contribution in [3.63, 3.8) is 0 Å². The Morgan fingerprint density at radius 1 is 1.27 bits per heavy atom. The molecule has 1 amide bonds. The summed E-state index contributed by atoms with van der Waals surface area (Å²) < 4.78 is 2.02. The average molecular weight is 422 g/mol. The highest BCUT2D eigenvalue weighted by atomic mass is 35.5. The van der Waals surface area contributed by atoms with Crippen molar-refractivity contribution in [2.75, 3.05) is 6.54 Å². The summed E-state index contributed by atoms with van der Waals surface area (Å²) in [4.78, 5) is 12.8. The number of halogens is 1. The van der Waals surface area contributed by atoms with Crippen LogP contribution in [0.3, 0.4) is 0 Å². The number of benzene rings is 1. The molecule has 1 aromatic carbocycles. The van der Waals surface area contributed by atoms with Crippen molar-refractivity contribution in [2.45, 2.75) is 50.4 Å². The lowest BCUT2D eigenvalue weighted by atomic mass is 9.64. The van der Waals surface area contributed by atoms with Crippen LogP contribution in [0.4, 0.5) is 0 Å². The van der Waals surface area contributed by atoms with E-state index in [2.05, 4.69) is 27.6 Å². The maximum Gasteiger partial charge on any atom is 0.230 e. The molecule has 0 spiro atoms. The molecule has 0 saturated heterocycles. The smallest absolute Gasteiger partial charge is 0.230 e. The lowest BCUT2D eigenvalue weighted by Crippen LogP contribution is -2.41. The molecule has 1 aliphatic rings. The van der Waals surface area contributed by atoms with Crippen LogP contribution in [-0.2, 0) is 15.6 Å². The molecule has 1 fully saturated rings. The molecule has 154 valence electrons. The van der Waals surface area contributed by atoms with Crippen LogP contribution in [0.1, 0.15) is 56.5 Å². The molecule has 30 heavy (non-hydrogen) atoms. The van der Waals surface area contributed by atoms with Gasteiger partial charge in [-0.05, 0) is 50.5 Å². The van der Waals surface area contributed by atoms with Crippen molar-refractivity contribution in [3.8, 4) is 6.07 Å². The molecule has 0 aliphatic heterocycles. The highest BCUT2D eigenvalue weighted by molar-refractivity contribution is 6.30. The van der Waals surface area contributed by atoms with Gasteiger partial charge < -0.3 is 5.32 Å². The van der Waals surface area contributed by atoms with Gasteiger partial charge in [-0.1, -0.05) is 36.2 Å². The topological polar surface area (TPSA) is 83.1 Å². The number of carbonyl (C=O) groups excluding carboxylic acids is 1. The molecular weight excluding hydrogens is 398 g/mol. The summed E-state index contributed by atoms with van der Waals surface area (Å²) >= 11 is 6.10. The fraction of sp³-hybridized carbons (Fsp3) is 0.391. The van der Waals surface area contributed by atoms with E-state index < -0.39 is 5.41 Å². The van der Waals surface area contributed by atoms with Gasteiger partial charge >= 0.3 is 0 Å². The third kappa shape index (κ3) is 3.23. The van der Waals surface area contributed by atoms with Crippen LogP contribution in [0.2, 0.25) is 5.02 Å². The second-order valence-corrected chi connectivity index (χ2v) is 8.81. The third-order valence-corrected chi connectivity index (χ3v) is 6.48. The van der Waals surface area contributed by atoms with Gasteiger partial charge in [0.05, 0.1) is 23.3 Å². The molecule has 6 nitrogen and oxygen atoms in total. The normalized spacial score (nSPS) is 15.4. The van der Waals surface area contributed by atoms with E-state index in [1.807, 2.05) is 54.8 Å². The molecule has 0 radical (unpaired) electrons. The maximum atomic E-state index is 12.8. The molecule has 4 rings (SSSR count). The van der Waals surface area contributed by atoms with E-state index in [1.54, 1.807) is 0 Å². The summed E-state index contributed by atoms with van der Waals surface area (Å²) in [5.41, 5.74) is 1.68. The van der Waals surface area contributed by atoms with Gasteiger partial charge in [0.25, 0.3) is 0 Å². The number of rotatable bonds is 6. The van der Waals surface area contributed by atoms with Gasteiger partial charge in [-0.3, -0.25) is 9.20 Å². The molecule has 2 aromatic heterocycles. The van der Waals surface area contributed by atoms with Crippen molar-refractivity contribution in [1.29, 1.82) is 5.26 Å². The van der Waals surface area contributed by atoms with Gasteiger partial charge in [0.1, 0.15) is 5.82 Å². The molecule has 1 aliphatic carbocycles. The minimum atomic E-state index is -0.810. The summed E-state index contributed by atoms with van der Waals surface area (Å²) in [5.74, 6) is 0.764. The van der Waals surface area contributed by atoms with Crippen LogP contribution in [0.15, 0.2) is 42.6 Å². The Morgan fingerprint density at radius 2 is 2.00 bits per heavy atom. The van der Waals surface area contributed by atoms with Crippen LogP contribution >= 0.6 is 11.6 Å². The quantitative estimate of drug-likeness (QED) is 0.606. The fourth-order valence-corrected chi connectivity index (χ4v) is 4.37. The van der Waals surface area contributed by atoms with E-state index >= 15 is 0 Å². The summed E-state index contributed by atoms with van der Waals surface area (Å²) in [7, 11) is 0. The summed E-state index contributed by atoms with van der Waals surface area (Å²) in [6.07, 6.45) is 5.37. The zero-order valence-electron chi connectivity index (χ0n) is 17.2. The van der Waals surface area contributed by atoms with Crippen molar-refractivity contribution < 1.29 is 4.79 Å². The van der Waals surface area contributed by atoms with Gasteiger partial charge in [-0.15, -0.1) is 10.2 Å². The van der Waals surface area contributed by atoms with Crippen LogP contribution in [-0.4, -0.2) is 27.0 Å². The van der Waals surface area contributed by atoms with Crippen molar-refractivity contribution >= 4 is 23.2 Å². The lowest BCUT2D eigenvalue weighted by molar-refractivity contribution is -0.125. The number of pyridine rings is 1. The molecule has 1 saturated carbocycles. The van der Waals surface area contributed by atoms with E-state index in [9.17, 15) is 4.79 Å². The second-order valence-electron chi connectivity index (χ2n) is 8.37. The minimum absolute atomic E-state index is 0.133. The molecule has 3 aromatic rings. The Hall–Kier alpha value is -2.91. The van der Waals surface area contributed by atoms with Crippen molar-refractivity contribution in [3.05, 3.63) is 64.6 Å². The molecule has 2 heterocycles. The van der Waals surface area contributed by atoms with E-state index in [1.165, 1.54) is 5.56 Å².